The second-order valence-corrected chi connectivity index (χ2v) is 3.33. The van der Waals surface area contributed by atoms with E-state index >= 15 is 0 Å². The van der Waals surface area contributed by atoms with Crippen LogP contribution in [0.15, 0.2) is 23.3 Å². The summed E-state index contributed by atoms with van der Waals surface area (Å²) in [5.41, 5.74) is 2.54. The standard InChI is InChI=1S/C11H16O/c1-3-4-5-10-6-7-11(12)8-9(10)2/h6,8H,3-5,7H2,1-2H3. The lowest BCUT2D eigenvalue weighted by molar-refractivity contribution is -0.114. The second-order valence-electron chi connectivity index (χ2n) is 3.33. The average molecular weight is 164 g/mol. The Morgan fingerprint density at radius 1 is 1.50 bits per heavy atom. The minimum Gasteiger partial charge on any atom is -0.295 e. The molecule has 0 aliphatic heterocycles. The molecular weight excluding hydrogens is 148 g/mol. The molecule has 0 amide bonds. The summed E-state index contributed by atoms with van der Waals surface area (Å²) in [7, 11) is 0. The topological polar surface area (TPSA) is 17.1 Å². The van der Waals surface area contributed by atoms with E-state index < -0.39 is 0 Å². The predicted molar refractivity (Wildman–Crippen MR) is 51.0 cm³/mol. The number of rotatable bonds is 3. The molecule has 0 atom stereocenters. The Morgan fingerprint density at radius 2 is 2.25 bits per heavy atom. The highest BCUT2D eigenvalue weighted by atomic mass is 16.1. The van der Waals surface area contributed by atoms with Gasteiger partial charge in [-0.25, -0.2) is 0 Å². The smallest absolute Gasteiger partial charge is 0.159 e. The van der Waals surface area contributed by atoms with E-state index in [0.29, 0.717) is 6.42 Å². The third-order valence-electron chi connectivity index (χ3n) is 2.23. The Labute approximate surface area is 74.2 Å². The molecule has 1 rings (SSSR count). The zero-order valence-corrected chi connectivity index (χ0v) is 7.89. The van der Waals surface area contributed by atoms with E-state index in [1.165, 1.54) is 24.0 Å². The third kappa shape index (κ3) is 2.33. The predicted octanol–water partition coefficient (Wildman–Crippen LogP) is 3.02. The fourth-order valence-corrected chi connectivity index (χ4v) is 1.44. The molecule has 1 aliphatic rings. The number of carbonyl (C=O) groups is 1. The van der Waals surface area contributed by atoms with Gasteiger partial charge in [-0.15, -0.1) is 0 Å². The molecule has 1 nitrogen and oxygen atoms in total. The first-order chi connectivity index (χ1) is 5.74. The van der Waals surface area contributed by atoms with Crippen LogP contribution in [0.5, 0.6) is 0 Å². The summed E-state index contributed by atoms with van der Waals surface area (Å²) in [6.07, 6.45) is 8.03. The third-order valence-corrected chi connectivity index (χ3v) is 2.23. The van der Waals surface area contributed by atoms with Gasteiger partial charge in [-0.1, -0.05) is 19.4 Å². The zero-order chi connectivity index (χ0) is 8.97. The Balaban J connectivity index is 2.55. The number of ketones is 1. The fourth-order valence-electron chi connectivity index (χ4n) is 1.44. The summed E-state index contributed by atoms with van der Waals surface area (Å²) in [5, 5.41) is 0. The van der Waals surface area contributed by atoms with E-state index in [1.54, 1.807) is 6.08 Å². The first-order valence-corrected chi connectivity index (χ1v) is 4.64. The van der Waals surface area contributed by atoms with Gasteiger partial charge in [0.05, 0.1) is 0 Å². The second kappa shape index (κ2) is 4.24. The van der Waals surface area contributed by atoms with Gasteiger partial charge in [0.25, 0.3) is 0 Å². The summed E-state index contributed by atoms with van der Waals surface area (Å²) in [6.45, 7) is 4.21. The van der Waals surface area contributed by atoms with Gasteiger partial charge in [-0.05, 0) is 37.0 Å². The van der Waals surface area contributed by atoms with Crippen LogP contribution in [0.3, 0.4) is 0 Å². The SMILES string of the molecule is CCCCC1=CCC(=O)C=C1C. The molecule has 12 heavy (non-hydrogen) atoms. The van der Waals surface area contributed by atoms with Gasteiger partial charge < -0.3 is 0 Å². The van der Waals surface area contributed by atoms with Crippen molar-refractivity contribution in [3.05, 3.63) is 23.3 Å². The molecule has 66 valence electrons. The lowest BCUT2D eigenvalue weighted by Crippen LogP contribution is -2.01. The van der Waals surface area contributed by atoms with Gasteiger partial charge in [0.15, 0.2) is 5.78 Å². The van der Waals surface area contributed by atoms with Crippen molar-refractivity contribution >= 4 is 5.78 Å². The molecule has 0 spiro atoms. The Morgan fingerprint density at radius 3 is 2.83 bits per heavy atom. The van der Waals surface area contributed by atoms with Crippen molar-refractivity contribution in [2.24, 2.45) is 0 Å². The van der Waals surface area contributed by atoms with Crippen LogP contribution in [-0.4, -0.2) is 5.78 Å². The van der Waals surface area contributed by atoms with Crippen LogP contribution in [0.4, 0.5) is 0 Å². The zero-order valence-electron chi connectivity index (χ0n) is 7.89. The summed E-state index contributed by atoms with van der Waals surface area (Å²) >= 11 is 0. The first kappa shape index (κ1) is 9.24. The number of carbonyl (C=O) groups excluding carboxylic acids is 1. The number of hydrogen-bond donors (Lipinski definition) is 0. The van der Waals surface area contributed by atoms with Gasteiger partial charge in [-0.2, -0.15) is 0 Å². The van der Waals surface area contributed by atoms with Crippen LogP contribution in [0.1, 0.15) is 39.5 Å². The van der Waals surface area contributed by atoms with Crippen molar-refractivity contribution in [2.45, 2.75) is 39.5 Å². The molecule has 0 aromatic heterocycles. The molecule has 1 aliphatic carbocycles. The van der Waals surface area contributed by atoms with Crippen molar-refractivity contribution in [3.8, 4) is 0 Å². The number of hydrogen-bond acceptors (Lipinski definition) is 1. The average Bonchev–Trinajstić information content (AvgIpc) is 2.03. The van der Waals surface area contributed by atoms with Crippen molar-refractivity contribution in [1.82, 2.24) is 0 Å². The van der Waals surface area contributed by atoms with E-state index in [9.17, 15) is 4.79 Å². The van der Waals surface area contributed by atoms with Gasteiger partial charge in [0, 0.05) is 6.42 Å². The van der Waals surface area contributed by atoms with Crippen molar-refractivity contribution < 1.29 is 4.79 Å². The highest BCUT2D eigenvalue weighted by Crippen LogP contribution is 2.21. The minimum absolute atomic E-state index is 0.243. The van der Waals surface area contributed by atoms with E-state index in [4.69, 9.17) is 0 Å². The maximum atomic E-state index is 11.0. The van der Waals surface area contributed by atoms with Crippen LogP contribution in [0.25, 0.3) is 0 Å². The molecule has 0 unspecified atom stereocenters. The van der Waals surface area contributed by atoms with E-state index in [-0.39, 0.29) is 5.78 Å². The largest absolute Gasteiger partial charge is 0.295 e. The van der Waals surface area contributed by atoms with E-state index in [2.05, 4.69) is 13.0 Å². The molecule has 0 N–H and O–H groups in total. The van der Waals surface area contributed by atoms with Crippen molar-refractivity contribution in [2.75, 3.05) is 0 Å². The molecule has 0 radical (unpaired) electrons. The molecule has 0 aromatic rings. The minimum atomic E-state index is 0.243. The van der Waals surface area contributed by atoms with Gasteiger partial charge in [-0.3, -0.25) is 4.79 Å². The monoisotopic (exact) mass is 164 g/mol. The van der Waals surface area contributed by atoms with E-state index in [1.807, 2.05) is 6.92 Å². The number of allylic oxidation sites excluding steroid dienone is 4. The lowest BCUT2D eigenvalue weighted by Gasteiger charge is -2.11. The van der Waals surface area contributed by atoms with Gasteiger partial charge in [0.2, 0.25) is 0 Å². The summed E-state index contributed by atoms with van der Waals surface area (Å²) < 4.78 is 0. The maximum Gasteiger partial charge on any atom is 0.159 e. The maximum absolute atomic E-state index is 11.0. The fraction of sp³-hybridized carbons (Fsp3) is 0.545. The summed E-state index contributed by atoms with van der Waals surface area (Å²) in [6, 6.07) is 0. The van der Waals surface area contributed by atoms with Crippen LogP contribution in [-0.2, 0) is 4.79 Å². The highest BCUT2D eigenvalue weighted by molar-refractivity contribution is 5.93. The molecule has 0 saturated carbocycles. The van der Waals surface area contributed by atoms with Crippen LogP contribution in [0.2, 0.25) is 0 Å². The highest BCUT2D eigenvalue weighted by Gasteiger charge is 2.08. The molecule has 0 aromatic carbocycles. The van der Waals surface area contributed by atoms with Crippen LogP contribution in [0, 0.1) is 0 Å². The Bertz CT molecular complexity index is 233. The molecule has 0 fully saturated rings. The van der Waals surface area contributed by atoms with Gasteiger partial charge >= 0.3 is 0 Å². The van der Waals surface area contributed by atoms with Gasteiger partial charge in [0.1, 0.15) is 0 Å². The Kier molecular flexibility index (Phi) is 3.27. The summed E-state index contributed by atoms with van der Waals surface area (Å²) in [4.78, 5) is 11.0. The quantitative estimate of drug-likeness (QED) is 0.626. The molecular formula is C11H16O. The Hall–Kier alpha value is -0.850. The van der Waals surface area contributed by atoms with Crippen molar-refractivity contribution in [3.63, 3.8) is 0 Å². The molecule has 0 saturated heterocycles. The molecule has 1 heteroatoms. The van der Waals surface area contributed by atoms with Crippen molar-refractivity contribution in [1.29, 1.82) is 0 Å². The number of unbranched alkanes of at least 4 members (excludes halogenated alkanes) is 1. The lowest BCUT2D eigenvalue weighted by atomic mass is 9.94. The van der Waals surface area contributed by atoms with Crippen LogP contribution < -0.4 is 0 Å². The normalized spacial score (nSPS) is 17.3. The molecule has 0 heterocycles. The molecule has 0 bridgehead atoms. The first-order valence-electron chi connectivity index (χ1n) is 4.64. The van der Waals surface area contributed by atoms with E-state index in [0.717, 1.165) is 6.42 Å². The van der Waals surface area contributed by atoms with Crippen LogP contribution >= 0.6 is 0 Å². The summed E-state index contributed by atoms with van der Waals surface area (Å²) in [5.74, 6) is 0.243.